The molecule has 0 aliphatic rings. The molecule has 0 saturated carbocycles. The van der Waals surface area contributed by atoms with Gasteiger partial charge in [0.15, 0.2) is 0 Å². The number of carbonyl (C=O) groups is 1. The third-order valence-electron chi connectivity index (χ3n) is 2.57. The maximum Gasteiger partial charge on any atom is 0.313 e. The van der Waals surface area contributed by atoms with E-state index in [0.717, 1.165) is 15.7 Å². The first-order chi connectivity index (χ1) is 8.58. The van der Waals surface area contributed by atoms with Crippen LogP contribution in [-0.4, -0.2) is 21.0 Å². The summed E-state index contributed by atoms with van der Waals surface area (Å²) in [6, 6.07) is 9.43. The molecule has 1 aromatic carbocycles. The summed E-state index contributed by atoms with van der Waals surface area (Å²) >= 11 is 3.36. The lowest BCUT2D eigenvalue weighted by Gasteiger charge is -2.07. The van der Waals surface area contributed by atoms with Gasteiger partial charge in [0.1, 0.15) is 11.7 Å². The molecule has 1 N–H and O–H groups in total. The van der Waals surface area contributed by atoms with Crippen molar-refractivity contribution in [2.45, 2.75) is 12.8 Å². The highest BCUT2D eigenvalue weighted by atomic mass is 79.9. The smallest absolute Gasteiger partial charge is 0.313 e. The summed E-state index contributed by atoms with van der Waals surface area (Å²) in [6.45, 7) is 1.57. The van der Waals surface area contributed by atoms with E-state index in [2.05, 4.69) is 25.9 Å². The molecule has 0 bridgehead atoms. The van der Waals surface area contributed by atoms with Gasteiger partial charge in [-0.05, 0) is 25.1 Å². The van der Waals surface area contributed by atoms with E-state index in [1.807, 2.05) is 24.3 Å². The van der Waals surface area contributed by atoms with E-state index in [1.165, 1.54) is 0 Å². The lowest BCUT2D eigenvalue weighted by atomic mass is 10.1. The topological polar surface area (TPSA) is 63.1 Å². The Morgan fingerprint density at radius 1 is 1.28 bits per heavy atom. The Labute approximate surface area is 113 Å². The summed E-state index contributed by atoms with van der Waals surface area (Å²) in [4.78, 5) is 19.2. The lowest BCUT2D eigenvalue weighted by Crippen LogP contribution is -2.11. The zero-order valence-corrected chi connectivity index (χ0v) is 11.3. The number of carboxylic acids is 1. The fraction of sp³-hybridized carbons (Fsp3) is 0.154. The van der Waals surface area contributed by atoms with E-state index in [1.54, 1.807) is 19.2 Å². The van der Waals surface area contributed by atoms with Gasteiger partial charge in [0, 0.05) is 16.2 Å². The highest BCUT2D eigenvalue weighted by Gasteiger charge is 2.17. The van der Waals surface area contributed by atoms with Gasteiger partial charge in [0.25, 0.3) is 0 Å². The number of benzene rings is 1. The SMILES string of the molecule is CC(C(=O)O)c1nccc(-c2ccc(Br)cc2)n1. The van der Waals surface area contributed by atoms with Crippen molar-refractivity contribution in [1.29, 1.82) is 0 Å². The molecule has 0 saturated heterocycles. The molecule has 1 heterocycles. The van der Waals surface area contributed by atoms with Crippen molar-refractivity contribution < 1.29 is 9.90 Å². The van der Waals surface area contributed by atoms with Crippen LogP contribution in [0.5, 0.6) is 0 Å². The molecule has 1 atom stereocenters. The largest absolute Gasteiger partial charge is 0.481 e. The zero-order valence-electron chi connectivity index (χ0n) is 9.67. The summed E-state index contributed by atoms with van der Waals surface area (Å²) in [5.41, 5.74) is 1.65. The van der Waals surface area contributed by atoms with E-state index in [9.17, 15) is 4.79 Å². The van der Waals surface area contributed by atoms with Crippen molar-refractivity contribution in [2.24, 2.45) is 0 Å². The minimum atomic E-state index is -0.928. The monoisotopic (exact) mass is 306 g/mol. The second kappa shape index (κ2) is 5.27. The van der Waals surface area contributed by atoms with Crippen molar-refractivity contribution in [3.05, 3.63) is 46.8 Å². The predicted octanol–water partition coefficient (Wildman–Crippen LogP) is 3.09. The average molecular weight is 307 g/mol. The first-order valence-electron chi connectivity index (χ1n) is 5.39. The third-order valence-corrected chi connectivity index (χ3v) is 3.10. The van der Waals surface area contributed by atoms with Crippen LogP contribution in [0, 0.1) is 0 Å². The first-order valence-corrected chi connectivity index (χ1v) is 6.19. The van der Waals surface area contributed by atoms with Crippen molar-refractivity contribution in [3.63, 3.8) is 0 Å². The van der Waals surface area contributed by atoms with Crippen LogP contribution in [0.25, 0.3) is 11.3 Å². The Kier molecular flexibility index (Phi) is 3.72. The van der Waals surface area contributed by atoms with Gasteiger partial charge in [-0.2, -0.15) is 0 Å². The number of carboxylic acid groups (broad SMARTS) is 1. The van der Waals surface area contributed by atoms with Gasteiger partial charge in [-0.25, -0.2) is 9.97 Å². The molecule has 4 nitrogen and oxygen atoms in total. The van der Waals surface area contributed by atoms with Gasteiger partial charge in [-0.15, -0.1) is 0 Å². The number of aliphatic carboxylic acids is 1. The van der Waals surface area contributed by atoms with Crippen LogP contribution >= 0.6 is 15.9 Å². The summed E-state index contributed by atoms with van der Waals surface area (Å²) in [7, 11) is 0. The molecule has 2 aromatic rings. The summed E-state index contributed by atoms with van der Waals surface area (Å²) in [5, 5.41) is 8.95. The lowest BCUT2D eigenvalue weighted by molar-refractivity contribution is -0.138. The minimum Gasteiger partial charge on any atom is -0.481 e. The van der Waals surface area contributed by atoms with Crippen LogP contribution in [0.1, 0.15) is 18.7 Å². The number of nitrogens with zero attached hydrogens (tertiary/aromatic N) is 2. The van der Waals surface area contributed by atoms with Crippen molar-refractivity contribution >= 4 is 21.9 Å². The Morgan fingerprint density at radius 2 is 1.94 bits per heavy atom. The van der Waals surface area contributed by atoms with Crippen molar-refractivity contribution in [1.82, 2.24) is 9.97 Å². The standard InChI is InChI=1S/C13H11BrN2O2/c1-8(13(17)18)12-15-7-6-11(16-12)9-2-4-10(14)5-3-9/h2-8H,1H3,(H,17,18). The summed E-state index contributed by atoms with van der Waals surface area (Å²) in [5.74, 6) is -1.31. The van der Waals surface area contributed by atoms with Crippen molar-refractivity contribution in [2.75, 3.05) is 0 Å². The number of rotatable bonds is 3. The molecular weight excluding hydrogens is 296 g/mol. The molecule has 0 spiro atoms. The van der Waals surface area contributed by atoms with Gasteiger partial charge in [-0.3, -0.25) is 4.79 Å². The van der Waals surface area contributed by atoms with E-state index in [0.29, 0.717) is 5.82 Å². The minimum absolute atomic E-state index is 0.322. The van der Waals surface area contributed by atoms with E-state index in [-0.39, 0.29) is 0 Å². The second-order valence-corrected chi connectivity index (χ2v) is 4.78. The number of halogens is 1. The summed E-state index contributed by atoms with van der Waals surface area (Å²) < 4.78 is 0.986. The van der Waals surface area contributed by atoms with Crippen LogP contribution in [-0.2, 0) is 4.79 Å². The van der Waals surface area contributed by atoms with Crippen LogP contribution in [0.4, 0.5) is 0 Å². The van der Waals surface area contributed by atoms with Gasteiger partial charge in [0.05, 0.1) is 5.69 Å². The molecule has 92 valence electrons. The molecule has 5 heteroatoms. The summed E-state index contributed by atoms with van der Waals surface area (Å²) in [6.07, 6.45) is 1.58. The molecular formula is C13H11BrN2O2. The molecule has 1 aromatic heterocycles. The number of hydrogen-bond acceptors (Lipinski definition) is 3. The third kappa shape index (κ3) is 2.73. The van der Waals surface area contributed by atoms with Gasteiger partial charge in [0.2, 0.25) is 0 Å². The molecule has 18 heavy (non-hydrogen) atoms. The van der Waals surface area contributed by atoms with Gasteiger partial charge >= 0.3 is 5.97 Å². The van der Waals surface area contributed by atoms with E-state index >= 15 is 0 Å². The Hall–Kier alpha value is -1.75. The highest BCUT2D eigenvalue weighted by Crippen LogP contribution is 2.21. The first kappa shape index (κ1) is 12.7. The Bertz CT molecular complexity index is 569. The van der Waals surface area contributed by atoms with Crippen LogP contribution in [0.15, 0.2) is 41.0 Å². The van der Waals surface area contributed by atoms with Crippen LogP contribution < -0.4 is 0 Å². The predicted molar refractivity (Wildman–Crippen MR) is 71.2 cm³/mol. The van der Waals surface area contributed by atoms with E-state index < -0.39 is 11.9 Å². The Morgan fingerprint density at radius 3 is 2.56 bits per heavy atom. The van der Waals surface area contributed by atoms with Gasteiger partial charge in [-0.1, -0.05) is 28.1 Å². The molecule has 0 aliphatic heterocycles. The molecule has 0 amide bonds. The highest BCUT2D eigenvalue weighted by molar-refractivity contribution is 9.10. The van der Waals surface area contributed by atoms with E-state index in [4.69, 9.17) is 5.11 Å². The molecule has 1 unspecified atom stereocenters. The fourth-order valence-corrected chi connectivity index (χ4v) is 1.74. The maximum absolute atomic E-state index is 10.9. The average Bonchev–Trinajstić information content (AvgIpc) is 2.38. The van der Waals surface area contributed by atoms with Crippen LogP contribution in [0.2, 0.25) is 0 Å². The molecule has 0 aliphatic carbocycles. The fourth-order valence-electron chi connectivity index (χ4n) is 1.47. The number of hydrogen-bond donors (Lipinski definition) is 1. The van der Waals surface area contributed by atoms with Gasteiger partial charge < -0.3 is 5.11 Å². The zero-order chi connectivity index (χ0) is 13.1. The maximum atomic E-state index is 10.9. The second-order valence-electron chi connectivity index (χ2n) is 3.87. The van der Waals surface area contributed by atoms with Crippen LogP contribution in [0.3, 0.4) is 0 Å². The molecule has 0 radical (unpaired) electrons. The quantitative estimate of drug-likeness (QED) is 0.946. The Balaban J connectivity index is 2.38. The van der Waals surface area contributed by atoms with Crippen molar-refractivity contribution in [3.8, 4) is 11.3 Å². The molecule has 2 rings (SSSR count). The number of aromatic nitrogens is 2. The molecule has 0 fully saturated rings. The normalized spacial score (nSPS) is 12.1.